The second kappa shape index (κ2) is 10.4. The number of nitrogens with zero attached hydrogens (tertiary/aromatic N) is 5. The molecule has 2 aromatic carbocycles. The second-order valence-electron chi connectivity index (χ2n) is 9.66. The van der Waals surface area contributed by atoms with Crippen LogP contribution in [0.2, 0.25) is 5.02 Å². The van der Waals surface area contributed by atoms with Gasteiger partial charge in [0.2, 0.25) is 0 Å². The van der Waals surface area contributed by atoms with Crippen LogP contribution in [0.5, 0.6) is 11.8 Å². The van der Waals surface area contributed by atoms with Crippen molar-refractivity contribution in [2.45, 2.75) is 38.1 Å². The highest BCUT2D eigenvalue weighted by Gasteiger charge is 2.39. The van der Waals surface area contributed by atoms with Crippen molar-refractivity contribution in [3.63, 3.8) is 0 Å². The molecular weight excluding hydrogens is 548 g/mol. The summed E-state index contributed by atoms with van der Waals surface area (Å²) in [5.41, 5.74) is 1.59. The van der Waals surface area contributed by atoms with Gasteiger partial charge in [-0.15, -0.1) is 0 Å². The topological polar surface area (TPSA) is 101 Å². The number of hydrogen-bond donors (Lipinski definition) is 0. The van der Waals surface area contributed by atoms with Gasteiger partial charge in [-0.2, -0.15) is 18.9 Å². The van der Waals surface area contributed by atoms with Gasteiger partial charge in [0.05, 0.1) is 36.8 Å². The molecule has 208 valence electrons. The van der Waals surface area contributed by atoms with Crippen molar-refractivity contribution in [2.75, 3.05) is 20.3 Å². The van der Waals surface area contributed by atoms with Gasteiger partial charge in [-0.05, 0) is 29.8 Å². The number of hydrogen-bond acceptors (Lipinski definition) is 7. The van der Waals surface area contributed by atoms with Crippen molar-refractivity contribution in [3.8, 4) is 22.9 Å². The number of carbonyl (C=O) groups is 1. The molecule has 2 aliphatic rings. The minimum Gasteiger partial charge on any atom is -0.490 e. The number of ether oxygens (including phenoxy) is 3. The molecule has 2 saturated heterocycles. The Bertz CT molecular complexity index is 1640. The van der Waals surface area contributed by atoms with Crippen LogP contribution in [-0.2, 0) is 11.3 Å². The molecule has 0 unspecified atom stereocenters. The van der Waals surface area contributed by atoms with Crippen molar-refractivity contribution in [1.29, 1.82) is 0 Å². The van der Waals surface area contributed by atoms with Crippen molar-refractivity contribution >= 4 is 28.6 Å². The van der Waals surface area contributed by atoms with Crippen LogP contribution in [0.1, 0.15) is 25.0 Å². The molecule has 4 aromatic rings. The van der Waals surface area contributed by atoms with Crippen LogP contribution in [0.4, 0.5) is 13.6 Å². The molecule has 13 heteroatoms. The molecule has 0 spiro atoms. The molecule has 4 heterocycles. The number of fused-ring (bicyclic) bond motifs is 2. The zero-order chi connectivity index (χ0) is 28.0. The number of piperidine rings is 1. The Labute approximate surface area is 231 Å². The first-order valence-electron chi connectivity index (χ1n) is 12.6. The van der Waals surface area contributed by atoms with Gasteiger partial charge in [0, 0.05) is 41.7 Å². The van der Waals surface area contributed by atoms with E-state index >= 15 is 0 Å². The van der Waals surface area contributed by atoms with Crippen LogP contribution in [-0.4, -0.2) is 62.7 Å². The summed E-state index contributed by atoms with van der Waals surface area (Å²) in [6.07, 6.45) is 2.96. The van der Waals surface area contributed by atoms with Crippen molar-refractivity contribution < 1.29 is 27.8 Å². The molecule has 10 nitrogen and oxygen atoms in total. The number of halogens is 3. The maximum atomic E-state index is 13.7. The fourth-order valence-corrected chi connectivity index (χ4v) is 5.28. The predicted octanol–water partition coefficient (Wildman–Crippen LogP) is 4.73. The summed E-state index contributed by atoms with van der Waals surface area (Å²) in [5.74, 6) is 0.326. The fourth-order valence-electron chi connectivity index (χ4n) is 5.15. The first-order chi connectivity index (χ1) is 19.3. The molecular formula is C27H24ClF2N5O5. The zero-order valence-electron chi connectivity index (χ0n) is 21.3. The van der Waals surface area contributed by atoms with Crippen molar-refractivity contribution in [1.82, 2.24) is 24.2 Å². The number of amides is 1. The smallest absolute Gasteiger partial charge is 0.410 e. The first kappa shape index (κ1) is 26.1. The molecule has 40 heavy (non-hydrogen) atoms. The minimum atomic E-state index is -2.82. The Morgan fingerprint density at radius 1 is 1.20 bits per heavy atom. The van der Waals surface area contributed by atoms with E-state index in [0.29, 0.717) is 51.5 Å². The maximum absolute atomic E-state index is 13.7. The first-order valence-corrected chi connectivity index (χ1v) is 13.0. The number of methoxy groups -OCH3 is 1. The standard InChI is InChI=1S/C27H24ClF2N5O5/c1-38-26-32-22-9-20(16-11-31-35(13-16)25(29)30)23(40-19-6-7-33-18(8-19)14-39-27(33)37)10-21(22)24(36)34(26)12-15-2-4-17(28)5-3-15/h2-5,9-11,13,18-19,25H,6-8,12,14H2,1H3/t18-,19-/m0/s1. The SMILES string of the molecule is COc1nc2cc(-c3cnn(C(F)F)c3)c(O[C@H]3CCN4C(=O)OC[C@@H]4C3)cc2c(=O)n1Cc1ccc(Cl)cc1. The third-order valence-electron chi connectivity index (χ3n) is 7.16. The third kappa shape index (κ3) is 4.83. The Morgan fingerprint density at radius 3 is 2.73 bits per heavy atom. The number of benzene rings is 2. The largest absolute Gasteiger partial charge is 0.490 e. The summed E-state index contributed by atoms with van der Waals surface area (Å²) in [7, 11) is 1.42. The molecule has 2 aromatic heterocycles. The highest BCUT2D eigenvalue weighted by Crippen LogP contribution is 2.36. The van der Waals surface area contributed by atoms with E-state index in [9.17, 15) is 18.4 Å². The van der Waals surface area contributed by atoms with E-state index in [1.165, 1.54) is 24.1 Å². The third-order valence-corrected chi connectivity index (χ3v) is 7.42. The Kier molecular flexibility index (Phi) is 6.78. The van der Waals surface area contributed by atoms with Gasteiger partial charge in [-0.25, -0.2) is 9.48 Å². The molecule has 0 bridgehead atoms. The number of cyclic esters (lactones) is 1. The van der Waals surface area contributed by atoms with Crippen LogP contribution >= 0.6 is 11.6 Å². The monoisotopic (exact) mass is 571 g/mol. The zero-order valence-corrected chi connectivity index (χ0v) is 22.1. The Balaban J connectivity index is 1.43. The Hall–Kier alpha value is -4.19. The molecule has 1 amide bonds. The maximum Gasteiger partial charge on any atom is 0.410 e. The molecule has 2 aliphatic heterocycles. The van der Waals surface area contributed by atoms with E-state index in [2.05, 4.69) is 10.1 Å². The highest BCUT2D eigenvalue weighted by atomic mass is 35.5. The van der Waals surface area contributed by atoms with E-state index in [1.54, 1.807) is 41.3 Å². The molecule has 6 rings (SSSR count). The summed E-state index contributed by atoms with van der Waals surface area (Å²) in [6.45, 7) is -1.88. The van der Waals surface area contributed by atoms with Crippen molar-refractivity contribution in [3.05, 3.63) is 69.7 Å². The quantitative estimate of drug-likeness (QED) is 0.316. The van der Waals surface area contributed by atoms with E-state index in [4.69, 9.17) is 25.8 Å². The summed E-state index contributed by atoms with van der Waals surface area (Å²) < 4.78 is 45.6. The van der Waals surface area contributed by atoms with E-state index in [-0.39, 0.29) is 48.3 Å². The molecule has 2 fully saturated rings. The fraction of sp³-hybridized carbons (Fsp3) is 0.333. The highest BCUT2D eigenvalue weighted by molar-refractivity contribution is 6.30. The van der Waals surface area contributed by atoms with Crippen molar-refractivity contribution in [2.24, 2.45) is 0 Å². The van der Waals surface area contributed by atoms with E-state index < -0.39 is 6.55 Å². The van der Waals surface area contributed by atoms with Crippen LogP contribution in [0, 0.1) is 0 Å². The van der Waals surface area contributed by atoms with Gasteiger partial charge in [0.25, 0.3) is 11.6 Å². The van der Waals surface area contributed by atoms with Gasteiger partial charge >= 0.3 is 12.6 Å². The average Bonchev–Trinajstić information content (AvgIpc) is 3.58. The van der Waals surface area contributed by atoms with Crippen LogP contribution in [0.25, 0.3) is 22.0 Å². The Morgan fingerprint density at radius 2 is 2.00 bits per heavy atom. The number of carbonyl (C=O) groups excluding carboxylic acids is 1. The van der Waals surface area contributed by atoms with E-state index in [1.807, 2.05) is 0 Å². The lowest BCUT2D eigenvalue weighted by Gasteiger charge is -2.33. The van der Waals surface area contributed by atoms with Gasteiger partial charge < -0.3 is 19.1 Å². The van der Waals surface area contributed by atoms with Gasteiger partial charge in [-0.1, -0.05) is 23.7 Å². The van der Waals surface area contributed by atoms with Crippen LogP contribution in [0.3, 0.4) is 0 Å². The summed E-state index contributed by atoms with van der Waals surface area (Å²) in [4.78, 5) is 31.9. The lowest BCUT2D eigenvalue weighted by atomic mass is 10.0. The lowest BCUT2D eigenvalue weighted by Crippen LogP contribution is -2.44. The summed E-state index contributed by atoms with van der Waals surface area (Å²) in [6, 6.07) is 10.3. The lowest BCUT2D eigenvalue weighted by molar-refractivity contribution is 0.0566. The average molecular weight is 572 g/mol. The molecule has 0 N–H and O–H groups in total. The molecule has 0 saturated carbocycles. The number of alkyl halides is 2. The van der Waals surface area contributed by atoms with Gasteiger partial charge in [0.15, 0.2) is 0 Å². The summed E-state index contributed by atoms with van der Waals surface area (Å²) in [5, 5.41) is 4.60. The van der Waals surface area contributed by atoms with Gasteiger partial charge in [-0.3, -0.25) is 9.36 Å². The second-order valence-corrected chi connectivity index (χ2v) is 10.1. The summed E-state index contributed by atoms with van der Waals surface area (Å²) >= 11 is 6.01. The molecule has 0 aliphatic carbocycles. The number of aromatic nitrogens is 4. The predicted molar refractivity (Wildman–Crippen MR) is 141 cm³/mol. The van der Waals surface area contributed by atoms with Crippen LogP contribution in [0.15, 0.2) is 53.6 Å². The molecule has 0 radical (unpaired) electrons. The molecule has 2 atom stereocenters. The number of rotatable bonds is 7. The van der Waals surface area contributed by atoms with Crippen LogP contribution < -0.4 is 15.0 Å². The van der Waals surface area contributed by atoms with E-state index in [0.717, 1.165) is 5.56 Å². The normalized spacial score (nSPS) is 18.7. The minimum absolute atomic E-state index is 0.0913. The van der Waals surface area contributed by atoms with Gasteiger partial charge in [0.1, 0.15) is 18.5 Å².